The molecule has 0 unspecified atom stereocenters. The highest BCUT2D eigenvalue weighted by molar-refractivity contribution is 9.10. The molecule has 0 saturated heterocycles. The van der Waals surface area contributed by atoms with Crippen molar-refractivity contribution < 1.29 is 14.7 Å². The summed E-state index contributed by atoms with van der Waals surface area (Å²) in [6.07, 6.45) is 3.44. The predicted molar refractivity (Wildman–Crippen MR) is 85.9 cm³/mol. The second-order valence-electron chi connectivity index (χ2n) is 5.05. The van der Waals surface area contributed by atoms with Gasteiger partial charge in [0.1, 0.15) is 5.69 Å². The third kappa shape index (κ3) is 4.41. The monoisotopic (exact) mass is 383 g/mol. The van der Waals surface area contributed by atoms with E-state index >= 15 is 0 Å². The van der Waals surface area contributed by atoms with Crippen molar-refractivity contribution in [3.05, 3.63) is 34.3 Å². The smallest absolute Gasteiger partial charge is 0.305 e. The van der Waals surface area contributed by atoms with Crippen molar-refractivity contribution >= 4 is 27.8 Å². The van der Waals surface area contributed by atoms with E-state index in [1.54, 1.807) is 24.0 Å². The molecule has 8 nitrogen and oxygen atoms in total. The predicted octanol–water partition coefficient (Wildman–Crippen LogP) is 1.61. The van der Waals surface area contributed by atoms with Crippen LogP contribution in [0.3, 0.4) is 0 Å². The standard InChI is InChI=1S/C14H18BrN5O3/c1-3-19-8-10(15)12(17-19)9-18(2)14(23)11-4-6-20(16-11)7-5-13(21)22/h4,6,8H,3,5,7,9H2,1-2H3,(H,21,22). The van der Waals surface area contributed by atoms with E-state index in [1.165, 1.54) is 9.58 Å². The highest BCUT2D eigenvalue weighted by atomic mass is 79.9. The Bertz CT molecular complexity index is 709. The lowest BCUT2D eigenvalue weighted by Crippen LogP contribution is -2.27. The molecule has 0 spiro atoms. The van der Waals surface area contributed by atoms with Crippen LogP contribution in [0.25, 0.3) is 0 Å². The van der Waals surface area contributed by atoms with Gasteiger partial charge >= 0.3 is 5.97 Å². The molecule has 23 heavy (non-hydrogen) atoms. The van der Waals surface area contributed by atoms with Crippen LogP contribution in [-0.2, 0) is 24.4 Å². The van der Waals surface area contributed by atoms with Gasteiger partial charge in [-0.05, 0) is 28.9 Å². The molecule has 0 aliphatic carbocycles. The Morgan fingerprint density at radius 3 is 2.70 bits per heavy atom. The second kappa shape index (κ2) is 7.40. The number of hydrogen-bond acceptors (Lipinski definition) is 4. The molecular formula is C14H18BrN5O3. The first kappa shape index (κ1) is 17.2. The maximum absolute atomic E-state index is 12.4. The third-order valence-electron chi connectivity index (χ3n) is 3.26. The highest BCUT2D eigenvalue weighted by Crippen LogP contribution is 2.17. The molecule has 0 aromatic carbocycles. The average Bonchev–Trinajstić information content (AvgIpc) is 3.11. The Balaban J connectivity index is 2.01. The Kier molecular flexibility index (Phi) is 5.54. The van der Waals surface area contributed by atoms with Crippen molar-refractivity contribution in [2.45, 2.75) is 33.0 Å². The molecule has 0 fully saturated rings. The normalized spacial score (nSPS) is 10.7. The zero-order chi connectivity index (χ0) is 17.0. The van der Waals surface area contributed by atoms with Gasteiger partial charge in [0.15, 0.2) is 0 Å². The van der Waals surface area contributed by atoms with E-state index in [1.807, 2.05) is 13.1 Å². The molecule has 2 aromatic rings. The van der Waals surface area contributed by atoms with Crippen molar-refractivity contribution in [2.75, 3.05) is 7.05 Å². The Morgan fingerprint density at radius 2 is 2.09 bits per heavy atom. The van der Waals surface area contributed by atoms with Gasteiger partial charge in [-0.25, -0.2) is 0 Å². The Labute approximate surface area is 141 Å². The summed E-state index contributed by atoms with van der Waals surface area (Å²) in [4.78, 5) is 24.5. The van der Waals surface area contributed by atoms with Crippen LogP contribution in [0.15, 0.2) is 22.9 Å². The minimum absolute atomic E-state index is 0.0352. The minimum atomic E-state index is -0.901. The quantitative estimate of drug-likeness (QED) is 0.783. The topological polar surface area (TPSA) is 93.2 Å². The fourth-order valence-corrected chi connectivity index (χ4v) is 2.45. The summed E-state index contributed by atoms with van der Waals surface area (Å²) in [6, 6.07) is 1.58. The zero-order valence-electron chi connectivity index (χ0n) is 12.9. The summed E-state index contributed by atoms with van der Waals surface area (Å²) in [7, 11) is 1.68. The van der Waals surface area contributed by atoms with Crippen molar-refractivity contribution in [1.82, 2.24) is 24.5 Å². The molecule has 1 amide bonds. The number of aryl methyl sites for hydroxylation is 2. The van der Waals surface area contributed by atoms with Gasteiger partial charge in [0.05, 0.1) is 29.7 Å². The molecule has 0 aliphatic heterocycles. The molecule has 0 atom stereocenters. The van der Waals surface area contributed by atoms with Crippen LogP contribution >= 0.6 is 15.9 Å². The molecule has 2 heterocycles. The Hall–Kier alpha value is -2.16. The van der Waals surface area contributed by atoms with E-state index in [0.717, 1.165) is 16.7 Å². The van der Waals surface area contributed by atoms with Gasteiger partial charge in [-0.15, -0.1) is 0 Å². The van der Waals surface area contributed by atoms with Gasteiger partial charge in [-0.2, -0.15) is 10.2 Å². The van der Waals surface area contributed by atoms with Crippen LogP contribution in [0.2, 0.25) is 0 Å². The van der Waals surface area contributed by atoms with E-state index in [0.29, 0.717) is 6.54 Å². The van der Waals surface area contributed by atoms with E-state index in [-0.39, 0.29) is 24.6 Å². The lowest BCUT2D eigenvalue weighted by molar-refractivity contribution is -0.137. The van der Waals surface area contributed by atoms with Gasteiger partial charge < -0.3 is 10.0 Å². The first-order valence-corrected chi connectivity index (χ1v) is 7.92. The molecule has 9 heteroatoms. The number of carboxylic acid groups (broad SMARTS) is 1. The first-order chi connectivity index (χ1) is 10.9. The van der Waals surface area contributed by atoms with E-state index in [2.05, 4.69) is 26.1 Å². The van der Waals surface area contributed by atoms with Gasteiger partial charge in [0.25, 0.3) is 5.91 Å². The summed E-state index contributed by atoms with van der Waals surface area (Å²) < 4.78 is 4.10. The number of carbonyl (C=O) groups is 2. The van der Waals surface area contributed by atoms with E-state index in [4.69, 9.17) is 5.11 Å². The number of amides is 1. The molecule has 2 rings (SSSR count). The van der Waals surface area contributed by atoms with Gasteiger partial charge in [0.2, 0.25) is 0 Å². The summed E-state index contributed by atoms with van der Waals surface area (Å²) in [6.45, 7) is 3.33. The number of carbonyl (C=O) groups excluding carboxylic acids is 1. The molecule has 124 valence electrons. The van der Waals surface area contributed by atoms with Gasteiger partial charge in [0, 0.05) is 26.0 Å². The summed E-state index contributed by atoms with van der Waals surface area (Å²) >= 11 is 3.43. The molecule has 1 N–H and O–H groups in total. The van der Waals surface area contributed by atoms with Crippen molar-refractivity contribution in [1.29, 1.82) is 0 Å². The van der Waals surface area contributed by atoms with Crippen molar-refractivity contribution in [3.63, 3.8) is 0 Å². The maximum atomic E-state index is 12.4. The minimum Gasteiger partial charge on any atom is -0.481 e. The van der Waals surface area contributed by atoms with Crippen molar-refractivity contribution in [2.24, 2.45) is 0 Å². The maximum Gasteiger partial charge on any atom is 0.305 e. The lowest BCUT2D eigenvalue weighted by atomic mass is 10.3. The van der Waals surface area contributed by atoms with Crippen LogP contribution in [0.4, 0.5) is 0 Å². The van der Waals surface area contributed by atoms with Gasteiger partial charge in [-0.1, -0.05) is 0 Å². The second-order valence-corrected chi connectivity index (χ2v) is 5.90. The summed E-state index contributed by atoms with van der Waals surface area (Å²) in [5.74, 6) is -1.14. The number of aliphatic carboxylic acids is 1. The molecule has 0 aliphatic rings. The van der Waals surface area contributed by atoms with Gasteiger partial charge in [-0.3, -0.25) is 19.0 Å². The zero-order valence-corrected chi connectivity index (χ0v) is 14.5. The molecular weight excluding hydrogens is 366 g/mol. The highest BCUT2D eigenvalue weighted by Gasteiger charge is 2.17. The van der Waals surface area contributed by atoms with E-state index in [9.17, 15) is 9.59 Å². The fourth-order valence-electron chi connectivity index (χ4n) is 2.01. The number of aromatic nitrogens is 4. The molecule has 2 aromatic heterocycles. The molecule has 0 saturated carbocycles. The first-order valence-electron chi connectivity index (χ1n) is 7.13. The fraction of sp³-hybridized carbons (Fsp3) is 0.429. The van der Waals surface area contributed by atoms with Crippen LogP contribution in [-0.4, -0.2) is 48.5 Å². The van der Waals surface area contributed by atoms with Crippen LogP contribution in [0.1, 0.15) is 29.5 Å². The summed E-state index contributed by atoms with van der Waals surface area (Å²) in [5.41, 5.74) is 1.05. The molecule has 0 bridgehead atoms. The van der Waals surface area contributed by atoms with Crippen LogP contribution in [0.5, 0.6) is 0 Å². The third-order valence-corrected chi connectivity index (χ3v) is 3.92. The molecule has 0 radical (unpaired) electrons. The number of halogens is 1. The van der Waals surface area contributed by atoms with E-state index < -0.39 is 5.97 Å². The summed E-state index contributed by atoms with van der Waals surface area (Å²) in [5, 5.41) is 17.2. The lowest BCUT2D eigenvalue weighted by Gasteiger charge is -2.14. The van der Waals surface area contributed by atoms with Crippen LogP contribution in [0, 0.1) is 0 Å². The van der Waals surface area contributed by atoms with Crippen molar-refractivity contribution in [3.8, 4) is 0 Å². The number of carboxylic acids is 1. The number of hydrogen-bond donors (Lipinski definition) is 1. The number of nitrogens with zero attached hydrogens (tertiary/aromatic N) is 5. The average molecular weight is 384 g/mol. The Morgan fingerprint density at radius 1 is 1.35 bits per heavy atom. The number of rotatable bonds is 7. The largest absolute Gasteiger partial charge is 0.481 e. The van der Waals surface area contributed by atoms with Crippen LogP contribution < -0.4 is 0 Å². The SMILES string of the molecule is CCn1cc(Br)c(CN(C)C(=O)c2ccn(CCC(=O)O)n2)n1.